The molecule has 2 aromatic rings. The molecule has 0 saturated heterocycles. The Labute approximate surface area is 118 Å². The van der Waals surface area contributed by atoms with Gasteiger partial charge in [0.15, 0.2) is 0 Å². The lowest BCUT2D eigenvalue weighted by molar-refractivity contribution is 0.0780. The second-order valence-electron chi connectivity index (χ2n) is 3.87. The topological polar surface area (TPSA) is 46.1 Å². The maximum Gasteiger partial charge on any atom is 0.272 e. The molecule has 94 valence electrons. The molecular weight excluding hydrogens is 314 g/mol. The molecule has 0 saturated carbocycles. The highest BCUT2D eigenvalue weighted by Gasteiger charge is 2.14. The molecule has 0 aromatic carbocycles. The van der Waals surface area contributed by atoms with E-state index in [2.05, 4.69) is 25.9 Å². The molecule has 1 amide bonds. The molecule has 2 aromatic heterocycles. The number of pyridine rings is 1. The van der Waals surface area contributed by atoms with E-state index in [0.717, 1.165) is 14.4 Å². The summed E-state index contributed by atoms with van der Waals surface area (Å²) in [6.07, 6.45) is 3.43. The van der Waals surface area contributed by atoms with Gasteiger partial charge in [0.05, 0.1) is 11.6 Å². The van der Waals surface area contributed by atoms with Gasteiger partial charge in [0.1, 0.15) is 5.69 Å². The summed E-state index contributed by atoms with van der Waals surface area (Å²) >= 11 is 4.89. The van der Waals surface area contributed by atoms with Crippen molar-refractivity contribution in [1.29, 1.82) is 0 Å². The fraction of sp³-hybridized carbons (Fsp3) is 0.250. The Kier molecular flexibility index (Phi) is 4.08. The van der Waals surface area contributed by atoms with Gasteiger partial charge in [-0.1, -0.05) is 0 Å². The molecule has 0 bridgehead atoms. The number of rotatable bonds is 3. The van der Waals surface area contributed by atoms with E-state index in [-0.39, 0.29) is 5.91 Å². The van der Waals surface area contributed by atoms with Crippen molar-refractivity contribution in [3.63, 3.8) is 0 Å². The van der Waals surface area contributed by atoms with E-state index in [1.807, 2.05) is 13.0 Å². The van der Waals surface area contributed by atoms with Crippen molar-refractivity contribution in [2.24, 2.45) is 0 Å². The van der Waals surface area contributed by atoms with Gasteiger partial charge in [-0.25, -0.2) is 9.97 Å². The van der Waals surface area contributed by atoms with Crippen LogP contribution < -0.4 is 0 Å². The Balaban J connectivity index is 2.07. The first kappa shape index (κ1) is 13.2. The van der Waals surface area contributed by atoms with Crippen molar-refractivity contribution in [3.8, 4) is 0 Å². The average Bonchev–Trinajstić information content (AvgIpc) is 2.75. The van der Waals surface area contributed by atoms with Crippen LogP contribution in [0.5, 0.6) is 0 Å². The van der Waals surface area contributed by atoms with Crippen LogP contribution in [0.2, 0.25) is 0 Å². The summed E-state index contributed by atoms with van der Waals surface area (Å²) < 4.78 is 0.861. The molecule has 0 aliphatic heterocycles. The highest BCUT2D eigenvalue weighted by molar-refractivity contribution is 9.10. The quantitative estimate of drug-likeness (QED) is 0.871. The zero-order valence-electron chi connectivity index (χ0n) is 10.1. The molecule has 2 rings (SSSR count). The second kappa shape index (κ2) is 5.58. The summed E-state index contributed by atoms with van der Waals surface area (Å²) in [5.41, 5.74) is 0.446. The summed E-state index contributed by atoms with van der Waals surface area (Å²) in [5, 5.41) is 1.01. The van der Waals surface area contributed by atoms with Gasteiger partial charge >= 0.3 is 0 Å². The second-order valence-corrected chi connectivity index (χ2v) is 6.10. The molecule has 6 heteroatoms. The van der Waals surface area contributed by atoms with Crippen molar-refractivity contribution >= 4 is 33.2 Å². The van der Waals surface area contributed by atoms with Crippen LogP contribution in [0.15, 0.2) is 29.0 Å². The Hall–Kier alpha value is -1.27. The molecule has 4 nitrogen and oxygen atoms in total. The molecule has 18 heavy (non-hydrogen) atoms. The highest BCUT2D eigenvalue weighted by Crippen LogP contribution is 2.15. The molecule has 0 unspecified atom stereocenters. The summed E-state index contributed by atoms with van der Waals surface area (Å²) in [7, 11) is 1.76. The van der Waals surface area contributed by atoms with E-state index in [4.69, 9.17) is 0 Å². The molecule has 0 aliphatic carbocycles. The summed E-state index contributed by atoms with van der Waals surface area (Å²) in [6, 6.07) is 3.52. The number of hydrogen-bond donors (Lipinski definition) is 0. The molecule has 0 atom stereocenters. The standard InChI is InChI=1S/C12H12BrN3OS/c1-8-14-6-10(18-8)7-16(2)12(17)11-4-3-9(13)5-15-11/h3-6H,7H2,1-2H3. The molecule has 0 spiro atoms. The number of halogens is 1. The molecule has 0 N–H and O–H groups in total. The Bertz CT molecular complexity index is 553. The first-order chi connectivity index (χ1) is 8.56. The SMILES string of the molecule is Cc1ncc(CN(C)C(=O)c2ccc(Br)cn2)s1. The van der Waals surface area contributed by atoms with Gasteiger partial charge in [-0.2, -0.15) is 0 Å². The monoisotopic (exact) mass is 325 g/mol. The van der Waals surface area contributed by atoms with Gasteiger partial charge in [0.25, 0.3) is 5.91 Å². The predicted octanol–water partition coefficient (Wildman–Crippen LogP) is 2.88. The van der Waals surface area contributed by atoms with E-state index in [9.17, 15) is 4.79 Å². The van der Waals surface area contributed by atoms with Crippen LogP contribution in [-0.4, -0.2) is 27.8 Å². The molecule has 0 radical (unpaired) electrons. The third-order valence-electron chi connectivity index (χ3n) is 2.36. The number of carbonyl (C=O) groups excluding carboxylic acids is 1. The van der Waals surface area contributed by atoms with E-state index in [1.54, 1.807) is 41.7 Å². The third kappa shape index (κ3) is 3.14. The van der Waals surface area contributed by atoms with Crippen LogP contribution in [-0.2, 0) is 6.54 Å². The van der Waals surface area contributed by atoms with Gasteiger partial charge in [-0.15, -0.1) is 11.3 Å². The normalized spacial score (nSPS) is 10.4. The number of thiazole rings is 1. The Morgan fingerprint density at radius 2 is 2.17 bits per heavy atom. The first-order valence-electron chi connectivity index (χ1n) is 5.34. The van der Waals surface area contributed by atoms with Gasteiger partial charge in [-0.05, 0) is 35.0 Å². The number of aryl methyl sites for hydroxylation is 1. The zero-order valence-corrected chi connectivity index (χ0v) is 12.5. The predicted molar refractivity (Wildman–Crippen MR) is 74.6 cm³/mol. The van der Waals surface area contributed by atoms with E-state index in [0.29, 0.717) is 12.2 Å². The number of hydrogen-bond acceptors (Lipinski definition) is 4. The minimum atomic E-state index is -0.0893. The smallest absolute Gasteiger partial charge is 0.272 e. The van der Waals surface area contributed by atoms with Crippen molar-refractivity contribution in [1.82, 2.24) is 14.9 Å². The van der Waals surface area contributed by atoms with Crippen LogP contribution >= 0.6 is 27.3 Å². The fourth-order valence-corrected chi connectivity index (χ4v) is 2.56. The maximum absolute atomic E-state index is 12.1. The molecule has 0 fully saturated rings. The average molecular weight is 326 g/mol. The van der Waals surface area contributed by atoms with Crippen LogP contribution in [0.1, 0.15) is 20.4 Å². The third-order valence-corrected chi connectivity index (χ3v) is 3.72. The number of aromatic nitrogens is 2. The van der Waals surface area contributed by atoms with Gasteiger partial charge in [0.2, 0.25) is 0 Å². The minimum Gasteiger partial charge on any atom is -0.335 e. The lowest BCUT2D eigenvalue weighted by Gasteiger charge is -2.15. The van der Waals surface area contributed by atoms with E-state index in [1.165, 1.54) is 0 Å². The van der Waals surface area contributed by atoms with Gasteiger partial charge < -0.3 is 4.90 Å². The largest absolute Gasteiger partial charge is 0.335 e. The van der Waals surface area contributed by atoms with Crippen LogP contribution in [0.4, 0.5) is 0 Å². The van der Waals surface area contributed by atoms with Crippen LogP contribution in [0.3, 0.4) is 0 Å². The lowest BCUT2D eigenvalue weighted by Crippen LogP contribution is -2.26. The zero-order chi connectivity index (χ0) is 13.1. The minimum absolute atomic E-state index is 0.0893. The maximum atomic E-state index is 12.1. The van der Waals surface area contributed by atoms with E-state index < -0.39 is 0 Å². The van der Waals surface area contributed by atoms with E-state index >= 15 is 0 Å². The number of carbonyl (C=O) groups is 1. The van der Waals surface area contributed by atoms with Crippen LogP contribution in [0, 0.1) is 6.92 Å². The summed E-state index contributed by atoms with van der Waals surface area (Å²) in [5.74, 6) is -0.0893. The highest BCUT2D eigenvalue weighted by atomic mass is 79.9. The van der Waals surface area contributed by atoms with Gasteiger partial charge in [0, 0.05) is 28.8 Å². The fourth-order valence-electron chi connectivity index (χ4n) is 1.48. The van der Waals surface area contributed by atoms with Crippen LogP contribution in [0.25, 0.3) is 0 Å². The molecule has 2 heterocycles. The van der Waals surface area contributed by atoms with Crippen molar-refractivity contribution in [2.75, 3.05) is 7.05 Å². The molecule has 0 aliphatic rings. The van der Waals surface area contributed by atoms with Gasteiger partial charge in [-0.3, -0.25) is 4.79 Å². The Morgan fingerprint density at radius 3 is 2.72 bits per heavy atom. The summed E-state index contributed by atoms with van der Waals surface area (Å²) in [4.78, 5) is 23.1. The number of amides is 1. The summed E-state index contributed by atoms with van der Waals surface area (Å²) in [6.45, 7) is 2.51. The first-order valence-corrected chi connectivity index (χ1v) is 6.95. The van der Waals surface area contributed by atoms with Crippen molar-refractivity contribution < 1.29 is 4.79 Å². The lowest BCUT2D eigenvalue weighted by atomic mass is 10.3. The Morgan fingerprint density at radius 1 is 1.39 bits per heavy atom. The van der Waals surface area contributed by atoms with Crippen molar-refractivity contribution in [3.05, 3.63) is 44.6 Å². The number of nitrogens with zero attached hydrogens (tertiary/aromatic N) is 3. The van der Waals surface area contributed by atoms with Crippen molar-refractivity contribution in [2.45, 2.75) is 13.5 Å². The molecular formula is C12H12BrN3OS.